The van der Waals surface area contributed by atoms with E-state index in [-0.39, 0.29) is 6.04 Å². The molecule has 66 valence electrons. The predicted molar refractivity (Wildman–Crippen MR) is 53.6 cm³/mol. The van der Waals surface area contributed by atoms with Gasteiger partial charge in [-0.3, -0.25) is 0 Å². The molecule has 1 aromatic heterocycles. The fourth-order valence-corrected chi connectivity index (χ4v) is 2.60. The Labute approximate surface area is 81.5 Å². The highest BCUT2D eigenvalue weighted by Gasteiger charge is 2.25. The van der Waals surface area contributed by atoms with Crippen LogP contribution in [0.25, 0.3) is 0 Å². The van der Waals surface area contributed by atoms with E-state index in [1.165, 1.54) is 12.8 Å². The molecule has 1 nitrogen and oxygen atoms in total. The third-order valence-corrected chi connectivity index (χ3v) is 3.76. The summed E-state index contributed by atoms with van der Waals surface area (Å²) < 4.78 is 0. The van der Waals surface area contributed by atoms with Gasteiger partial charge in [0.1, 0.15) is 0 Å². The molecule has 0 amide bonds. The minimum Gasteiger partial charge on any atom is -0.323 e. The summed E-state index contributed by atoms with van der Waals surface area (Å²) in [6, 6.07) is 2.10. The van der Waals surface area contributed by atoms with Crippen LogP contribution in [0.3, 0.4) is 0 Å². The van der Waals surface area contributed by atoms with Crippen molar-refractivity contribution in [3.63, 3.8) is 0 Å². The zero-order chi connectivity index (χ0) is 8.55. The molecular weight excluding hydrogens is 190 g/mol. The maximum atomic E-state index is 6.01. The van der Waals surface area contributed by atoms with Crippen molar-refractivity contribution in [2.75, 3.05) is 0 Å². The van der Waals surface area contributed by atoms with Gasteiger partial charge in [0.15, 0.2) is 0 Å². The largest absolute Gasteiger partial charge is 0.323 e. The Morgan fingerprint density at radius 1 is 1.67 bits per heavy atom. The Morgan fingerprint density at radius 2 is 2.42 bits per heavy atom. The molecule has 2 N–H and O–H groups in total. The van der Waals surface area contributed by atoms with Crippen molar-refractivity contribution in [2.24, 2.45) is 11.7 Å². The van der Waals surface area contributed by atoms with E-state index >= 15 is 0 Å². The first-order chi connectivity index (χ1) is 5.77. The summed E-state index contributed by atoms with van der Waals surface area (Å²) in [7, 11) is 0. The molecule has 0 radical (unpaired) electrons. The smallest absolute Gasteiger partial charge is 0.0561 e. The molecule has 1 aliphatic rings. The van der Waals surface area contributed by atoms with Crippen molar-refractivity contribution in [1.29, 1.82) is 0 Å². The number of halogens is 1. The van der Waals surface area contributed by atoms with Gasteiger partial charge >= 0.3 is 0 Å². The zero-order valence-electron chi connectivity index (χ0n) is 6.79. The van der Waals surface area contributed by atoms with Crippen LogP contribution in [0.4, 0.5) is 0 Å². The monoisotopic (exact) mass is 201 g/mol. The summed E-state index contributed by atoms with van der Waals surface area (Å²) in [5.41, 5.74) is 6.01. The zero-order valence-corrected chi connectivity index (χ0v) is 8.37. The third kappa shape index (κ3) is 1.82. The van der Waals surface area contributed by atoms with Gasteiger partial charge in [-0.15, -0.1) is 11.3 Å². The van der Waals surface area contributed by atoms with E-state index in [4.69, 9.17) is 17.3 Å². The molecule has 1 fully saturated rings. The van der Waals surface area contributed by atoms with Crippen molar-refractivity contribution in [1.82, 2.24) is 0 Å². The van der Waals surface area contributed by atoms with Gasteiger partial charge in [-0.2, -0.15) is 0 Å². The molecule has 3 heteroatoms. The van der Waals surface area contributed by atoms with Crippen LogP contribution >= 0.6 is 22.9 Å². The molecule has 12 heavy (non-hydrogen) atoms. The molecular formula is C9H12ClNS. The molecule has 0 aliphatic heterocycles. The summed E-state index contributed by atoms with van der Waals surface area (Å²) in [6.07, 6.45) is 3.83. The summed E-state index contributed by atoms with van der Waals surface area (Å²) in [5, 5.41) is 2.85. The van der Waals surface area contributed by atoms with Crippen molar-refractivity contribution in [2.45, 2.75) is 25.3 Å². The highest BCUT2D eigenvalue weighted by molar-refractivity contribution is 7.10. The molecule has 1 aromatic rings. The SMILES string of the molecule is N[C@@H](CC1CC1)c1sccc1Cl. The number of thiophene rings is 1. The lowest BCUT2D eigenvalue weighted by molar-refractivity contribution is 0.605. The van der Waals surface area contributed by atoms with E-state index in [0.717, 1.165) is 22.2 Å². The number of nitrogens with two attached hydrogens (primary N) is 1. The third-order valence-electron chi connectivity index (χ3n) is 2.27. The van der Waals surface area contributed by atoms with Crippen LogP contribution in [0.2, 0.25) is 5.02 Å². The molecule has 2 rings (SSSR count). The van der Waals surface area contributed by atoms with Gasteiger partial charge in [0.25, 0.3) is 0 Å². The van der Waals surface area contributed by atoms with Crippen LogP contribution < -0.4 is 5.73 Å². The van der Waals surface area contributed by atoms with Crippen LogP contribution in [-0.2, 0) is 0 Å². The lowest BCUT2D eigenvalue weighted by Crippen LogP contribution is -2.09. The van der Waals surface area contributed by atoms with Gasteiger partial charge < -0.3 is 5.73 Å². The van der Waals surface area contributed by atoms with Gasteiger partial charge in [0, 0.05) is 10.9 Å². The minimum absolute atomic E-state index is 0.171. The van der Waals surface area contributed by atoms with Gasteiger partial charge in [0.05, 0.1) is 5.02 Å². The van der Waals surface area contributed by atoms with Crippen molar-refractivity contribution >= 4 is 22.9 Å². The summed E-state index contributed by atoms with van der Waals surface area (Å²) in [5.74, 6) is 0.873. The Balaban J connectivity index is 2.02. The topological polar surface area (TPSA) is 26.0 Å². The van der Waals surface area contributed by atoms with E-state index in [9.17, 15) is 0 Å². The Bertz CT molecular complexity index is 267. The van der Waals surface area contributed by atoms with Crippen LogP contribution in [0, 0.1) is 5.92 Å². The first-order valence-electron chi connectivity index (χ1n) is 4.26. The number of hydrogen-bond acceptors (Lipinski definition) is 2. The van der Waals surface area contributed by atoms with Crippen LogP contribution in [-0.4, -0.2) is 0 Å². The number of rotatable bonds is 3. The highest BCUT2D eigenvalue weighted by Crippen LogP contribution is 2.39. The van der Waals surface area contributed by atoms with Crippen LogP contribution in [0.1, 0.15) is 30.2 Å². The standard InChI is InChI=1S/C9H12ClNS/c10-7-3-4-12-9(7)8(11)5-6-1-2-6/h3-4,6,8H,1-2,5,11H2/t8-/m0/s1. The maximum Gasteiger partial charge on any atom is 0.0561 e. The van der Waals surface area contributed by atoms with E-state index in [0.29, 0.717) is 0 Å². The van der Waals surface area contributed by atoms with E-state index in [1.807, 2.05) is 11.4 Å². The molecule has 1 saturated carbocycles. The lowest BCUT2D eigenvalue weighted by atomic mass is 10.1. The van der Waals surface area contributed by atoms with Crippen molar-refractivity contribution < 1.29 is 0 Å². The maximum absolute atomic E-state index is 6.01. The first-order valence-corrected chi connectivity index (χ1v) is 5.51. The molecule has 0 aromatic carbocycles. The lowest BCUT2D eigenvalue weighted by Gasteiger charge is -2.08. The van der Waals surface area contributed by atoms with E-state index in [1.54, 1.807) is 11.3 Å². The average Bonchev–Trinajstić information content (AvgIpc) is 2.72. The highest BCUT2D eigenvalue weighted by atomic mass is 35.5. The summed E-state index contributed by atoms with van der Waals surface area (Å²) >= 11 is 7.64. The fourth-order valence-electron chi connectivity index (χ4n) is 1.39. The quantitative estimate of drug-likeness (QED) is 0.799. The molecule has 0 spiro atoms. The molecule has 1 aliphatic carbocycles. The normalized spacial score (nSPS) is 19.5. The Hall–Kier alpha value is -0.0500. The molecule has 0 bridgehead atoms. The average molecular weight is 202 g/mol. The van der Waals surface area contributed by atoms with Crippen molar-refractivity contribution in [3.8, 4) is 0 Å². The van der Waals surface area contributed by atoms with Crippen LogP contribution in [0.5, 0.6) is 0 Å². The number of hydrogen-bond donors (Lipinski definition) is 1. The van der Waals surface area contributed by atoms with E-state index in [2.05, 4.69) is 0 Å². The van der Waals surface area contributed by atoms with Gasteiger partial charge in [-0.1, -0.05) is 24.4 Å². The van der Waals surface area contributed by atoms with E-state index < -0.39 is 0 Å². The first kappa shape index (κ1) is 8.54. The van der Waals surface area contributed by atoms with Crippen molar-refractivity contribution in [3.05, 3.63) is 21.3 Å². The second-order valence-electron chi connectivity index (χ2n) is 3.42. The molecule has 1 heterocycles. The Kier molecular flexibility index (Phi) is 2.40. The van der Waals surface area contributed by atoms with Gasteiger partial charge in [0.2, 0.25) is 0 Å². The van der Waals surface area contributed by atoms with Gasteiger partial charge in [-0.25, -0.2) is 0 Å². The minimum atomic E-state index is 0.171. The van der Waals surface area contributed by atoms with Crippen LogP contribution in [0.15, 0.2) is 11.4 Å². The molecule has 0 unspecified atom stereocenters. The molecule has 0 saturated heterocycles. The molecule has 1 atom stereocenters. The summed E-state index contributed by atoms with van der Waals surface area (Å²) in [6.45, 7) is 0. The second-order valence-corrected chi connectivity index (χ2v) is 4.77. The summed E-state index contributed by atoms with van der Waals surface area (Å²) in [4.78, 5) is 1.16. The second kappa shape index (κ2) is 3.36. The predicted octanol–water partition coefficient (Wildman–Crippen LogP) is 3.20. The Morgan fingerprint density at radius 3 is 2.92 bits per heavy atom. The fraction of sp³-hybridized carbons (Fsp3) is 0.556. The van der Waals surface area contributed by atoms with Gasteiger partial charge in [-0.05, 0) is 23.8 Å².